The number of ether oxygens (including phenoxy) is 1. The number of carboxylic acids is 1. The van der Waals surface area contributed by atoms with Gasteiger partial charge < -0.3 is 29.9 Å². The molecule has 178 valence electrons. The Bertz CT molecular complexity index is 1180. The normalized spacial score (nSPS) is 20.0. The zero-order valence-electron chi connectivity index (χ0n) is 17.8. The Morgan fingerprint density at radius 3 is 2.73 bits per heavy atom. The highest BCUT2D eigenvalue weighted by molar-refractivity contribution is 5.98. The van der Waals surface area contributed by atoms with Crippen LogP contribution >= 0.6 is 0 Å². The first kappa shape index (κ1) is 22.9. The number of anilines is 1. The summed E-state index contributed by atoms with van der Waals surface area (Å²) in [5, 5.41) is 13.0. The molecular formula is C21H23F3N4O5. The molecule has 1 aliphatic carbocycles. The van der Waals surface area contributed by atoms with Gasteiger partial charge in [-0.2, -0.15) is 8.78 Å². The lowest BCUT2D eigenvalue weighted by molar-refractivity contribution is -0.0488. The van der Waals surface area contributed by atoms with Gasteiger partial charge in [0, 0.05) is 31.2 Å². The molecule has 1 unspecified atom stereocenters. The van der Waals surface area contributed by atoms with Crippen molar-refractivity contribution >= 4 is 28.3 Å². The fourth-order valence-corrected chi connectivity index (χ4v) is 4.12. The maximum atomic E-state index is 15.4. The van der Waals surface area contributed by atoms with Crippen LogP contribution < -0.4 is 20.8 Å². The molecule has 1 aromatic carbocycles. The number of hydrogen-bond acceptors (Lipinski definition) is 7. The molecule has 0 spiro atoms. The lowest BCUT2D eigenvalue weighted by Gasteiger charge is -2.34. The monoisotopic (exact) mass is 468 g/mol. The van der Waals surface area contributed by atoms with Crippen LogP contribution in [0, 0.1) is 5.82 Å². The number of halogens is 3. The van der Waals surface area contributed by atoms with Crippen molar-refractivity contribution in [3.63, 3.8) is 0 Å². The molecule has 2 aliphatic rings. The van der Waals surface area contributed by atoms with Crippen LogP contribution in [-0.2, 0) is 4.84 Å². The highest BCUT2D eigenvalue weighted by atomic mass is 19.3. The van der Waals surface area contributed by atoms with Crippen molar-refractivity contribution in [2.24, 2.45) is 10.9 Å². The Balaban J connectivity index is 1.98. The molecule has 1 saturated carbocycles. The molecule has 1 atom stereocenters. The van der Waals surface area contributed by atoms with E-state index >= 15 is 4.39 Å². The van der Waals surface area contributed by atoms with Gasteiger partial charge in [-0.1, -0.05) is 5.16 Å². The van der Waals surface area contributed by atoms with Crippen molar-refractivity contribution in [1.29, 1.82) is 0 Å². The maximum absolute atomic E-state index is 15.4. The van der Waals surface area contributed by atoms with Crippen molar-refractivity contribution in [2.45, 2.75) is 44.9 Å². The molecule has 2 aromatic rings. The average Bonchev–Trinajstić information content (AvgIpc) is 3.57. The van der Waals surface area contributed by atoms with Crippen LogP contribution in [0.25, 0.3) is 10.9 Å². The van der Waals surface area contributed by atoms with Crippen LogP contribution in [0.3, 0.4) is 0 Å². The predicted octanol–water partition coefficient (Wildman–Crippen LogP) is 2.71. The molecule has 9 nitrogen and oxygen atoms in total. The van der Waals surface area contributed by atoms with E-state index in [4.69, 9.17) is 15.3 Å². The fraction of sp³-hybridized carbons (Fsp3) is 0.476. The van der Waals surface area contributed by atoms with Gasteiger partial charge in [0.25, 0.3) is 0 Å². The molecule has 2 heterocycles. The second kappa shape index (κ2) is 8.93. The number of nitrogens with two attached hydrogens (primary N) is 1. The molecule has 0 radical (unpaired) electrons. The van der Waals surface area contributed by atoms with E-state index in [9.17, 15) is 23.5 Å². The van der Waals surface area contributed by atoms with Crippen molar-refractivity contribution in [1.82, 2.24) is 4.57 Å². The number of carboxylic acid groups (broad SMARTS) is 1. The topological polar surface area (TPSA) is 119 Å². The van der Waals surface area contributed by atoms with E-state index < -0.39 is 41.2 Å². The molecule has 12 heteroatoms. The van der Waals surface area contributed by atoms with Crippen molar-refractivity contribution in [3.8, 4) is 5.75 Å². The molecule has 0 bridgehead atoms. The third-order valence-electron chi connectivity index (χ3n) is 5.54. The number of hydrogen-bond donors (Lipinski definition) is 2. The van der Waals surface area contributed by atoms with E-state index in [0.717, 1.165) is 12.3 Å². The molecule has 4 rings (SSSR count). The van der Waals surface area contributed by atoms with Gasteiger partial charge in [0.1, 0.15) is 17.9 Å². The number of fused-ring (bicyclic) bond motifs is 1. The molecule has 3 N–H and O–H groups in total. The number of aromatic carboxylic acids is 1. The Morgan fingerprint density at radius 2 is 2.12 bits per heavy atom. The van der Waals surface area contributed by atoms with E-state index in [1.165, 1.54) is 9.47 Å². The van der Waals surface area contributed by atoms with Crippen LogP contribution in [0.1, 0.15) is 42.6 Å². The van der Waals surface area contributed by atoms with Crippen molar-refractivity contribution in [2.75, 3.05) is 24.6 Å². The van der Waals surface area contributed by atoms with E-state index in [0.29, 0.717) is 31.6 Å². The van der Waals surface area contributed by atoms with Crippen LogP contribution in [0.15, 0.2) is 22.2 Å². The second-order valence-electron chi connectivity index (χ2n) is 8.05. The summed E-state index contributed by atoms with van der Waals surface area (Å²) in [5.41, 5.74) is 4.67. The van der Waals surface area contributed by atoms with Gasteiger partial charge in [-0.25, -0.2) is 9.18 Å². The van der Waals surface area contributed by atoms with Crippen LogP contribution in [0.5, 0.6) is 5.75 Å². The first-order valence-corrected chi connectivity index (χ1v) is 10.5. The zero-order chi connectivity index (χ0) is 23.9. The molecular weight excluding hydrogens is 445 g/mol. The summed E-state index contributed by atoms with van der Waals surface area (Å²) in [6.07, 6.45) is 2.79. The minimum atomic E-state index is -3.31. The number of alkyl halides is 2. The summed E-state index contributed by atoms with van der Waals surface area (Å²) in [4.78, 5) is 30.9. The predicted molar refractivity (Wildman–Crippen MR) is 114 cm³/mol. The zero-order valence-corrected chi connectivity index (χ0v) is 17.8. The van der Waals surface area contributed by atoms with Gasteiger partial charge in [0.05, 0.1) is 23.2 Å². The van der Waals surface area contributed by atoms with Gasteiger partial charge in [0.15, 0.2) is 11.6 Å². The SMILES string of the molecule is CCO/N=C1\CC(N)CN(c2c(F)cc3c(=O)c(C(=O)O)cn(C4CC4)c3c2OC(F)F)C1. The van der Waals surface area contributed by atoms with E-state index in [1.807, 2.05) is 0 Å². The summed E-state index contributed by atoms with van der Waals surface area (Å²) in [6.45, 7) is -1.09. The van der Waals surface area contributed by atoms with Crippen molar-refractivity contribution < 1.29 is 32.6 Å². The summed E-state index contributed by atoms with van der Waals surface area (Å²) >= 11 is 0. The van der Waals surface area contributed by atoms with E-state index in [2.05, 4.69) is 5.16 Å². The average molecular weight is 468 g/mol. The number of benzene rings is 1. The summed E-state index contributed by atoms with van der Waals surface area (Å²) in [5.74, 6) is -3.04. The van der Waals surface area contributed by atoms with Crippen LogP contribution in [0.2, 0.25) is 0 Å². The number of oxime groups is 1. The highest BCUT2D eigenvalue weighted by Crippen LogP contribution is 2.44. The first-order valence-electron chi connectivity index (χ1n) is 10.5. The second-order valence-corrected chi connectivity index (χ2v) is 8.05. The van der Waals surface area contributed by atoms with Gasteiger partial charge in [-0.15, -0.1) is 0 Å². The molecule has 2 fully saturated rings. The lowest BCUT2D eigenvalue weighted by Crippen LogP contribution is -2.48. The molecule has 1 aromatic heterocycles. The Labute approximate surface area is 186 Å². The number of nitrogens with zero attached hydrogens (tertiary/aromatic N) is 3. The summed E-state index contributed by atoms with van der Waals surface area (Å²) in [7, 11) is 0. The van der Waals surface area contributed by atoms with Gasteiger partial charge >= 0.3 is 12.6 Å². The molecule has 33 heavy (non-hydrogen) atoms. The smallest absolute Gasteiger partial charge is 0.387 e. The number of pyridine rings is 1. The standard InChI is InChI=1S/C21H23F3N4O5/c1-2-32-26-11-5-10(25)7-27(8-11)17-15(22)6-13-16(19(17)33-21(23)24)28(12-3-4-12)9-14(18(13)29)20(30)31/h6,9-10,12,21H,2-5,7-8,25H2,1H3,(H,30,31)/b26-11+. The lowest BCUT2D eigenvalue weighted by atomic mass is 10.0. The Kier molecular flexibility index (Phi) is 6.19. The quantitative estimate of drug-likeness (QED) is 0.600. The minimum absolute atomic E-state index is 0.0522. The largest absolute Gasteiger partial charge is 0.477 e. The highest BCUT2D eigenvalue weighted by Gasteiger charge is 2.34. The summed E-state index contributed by atoms with van der Waals surface area (Å²) < 4.78 is 48.6. The van der Waals surface area contributed by atoms with Gasteiger partial charge in [-0.05, 0) is 25.8 Å². The first-order chi connectivity index (χ1) is 15.7. The van der Waals surface area contributed by atoms with Crippen LogP contribution in [0.4, 0.5) is 18.9 Å². The molecule has 1 aliphatic heterocycles. The van der Waals surface area contributed by atoms with Crippen molar-refractivity contribution in [3.05, 3.63) is 33.9 Å². The van der Waals surface area contributed by atoms with Crippen LogP contribution in [-0.4, -0.2) is 53.7 Å². The molecule has 1 saturated heterocycles. The number of rotatable bonds is 7. The maximum Gasteiger partial charge on any atom is 0.387 e. The number of carbonyl (C=O) groups is 1. The fourth-order valence-electron chi connectivity index (χ4n) is 4.12. The van der Waals surface area contributed by atoms with E-state index in [-0.39, 0.29) is 35.7 Å². The Morgan fingerprint density at radius 1 is 1.39 bits per heavy atom. The van der Waals surface area contributed by atoms with Gasteiger partial charge in [-0.3, -0.25) is 4.79 Å². The third-order valence-corrected chi connectivity index (χ3v) is 5.54. The minimum Gasteiger partial charge on any atom is -0.477 e. The van der Waals surface area contributed by atoms with Gasteiger partial charge in [0.2, 0.25) is 5.43 Å². The van der Waals surface area contributed by atoms with E-state index in [1.54, 1.807) is 6.92 Å². The Hall–Kier alpha value is -3.28. The number of piperidine rings is 1. The summed E-state index contributed by atoms with van der Waals surface area (Å²) in [6, 6.07) is 0.173. The third kappa shape index (κ3) is 4.47. The molecule has 0 amide bonds. The number of aromatic nitrogens is 1.